The van der Waals surface area contributed by atoms with Crippen molar-refractivity contribution in [3.8, 4) is 0 Å². The number of nitrogens with zero attached hydrogens (tertiary/aromatic N) is 4. The van der Waals surface area contributed by atoms with Crippen LogP contribution in [0.3, 0.4) is 0 Å². The van der Waals surface area contributed by atoms with E-state index in [0.717, 1.165) is 4.57 Å². The normalized spacial score (nSPS) is 14.7. The molecule has 1 aliphatic heterocycles. The number of halogens is 1. The van der Waals surface area contributed by atoms with Gasteiger partial charge in [-0.3, -0.25) is 18.7 Å². The highest BCUT2D eigenvalue weighted by Crippen LogP contribution is 2.16. The number of piperazine rings is 1. The molecule has 0 unspecified atom stereocenters. The molecule has 0 saturated carbocycles. The van der Waals surface area contributed by atoms with Gasteiger partial charge in [0.15, 0.2) is 0 Å². The zero-order chi connectivity index (χ0) is 18.1. The van der Waals surface area contributed by atoms with Gasteiger partial charge in [0.1, 0.15) is 5.82 Å². The van der Waals surface area contributed by atoms with E-state index < -0.39 is 0 Å². The first-order chi connectivity index (χ1) is 11.9. The van der Waals surface area contributed by atoms with Crippen LogP contribution < -0.4 is 16.1 Å². The molecule has 0 spiro atoms. The summed E-state index contributed by atoms with van der Waals surface area (Å²) in [5.74, 6) is 0.503. The van der Waals surface area contributed by atoms with E-state index in [1.165, 1.54) is 17.7 Å². The van der Waals surface area contributed by atoms with Crippen molar-refractivity contribution in [3.63, 3.8) is 0 Å². The third-order valence-corrected chi connectivity index (χ3v) is 4.70. The molecule has 1 aromatic heterocycles. The van der Waals surface area contributed by atoms with Crippen molar-refractivity contribution in [1.82, 2.24) is 14.0 Å². The van der Waals surface area contributed by atoms with Crippen molar-refractivity contribution in [2.45, 2.75) is 0 Å². The summed E-state index contributed by atoms with van der Waals surface area (Å²) in [5.41, 5.74) is -0.141. The van der Waals surface area contributed by atoms with Crippen LogP contribution in [0.4, 0.5) is 5.82 Å². The molecule has 8 heteroatoms. The minimum atomic E-state index is -0.361. The molecule has 0 atom stereocenters. The van der Waals surface area contributed by atoms with Gasteiger partial charge < -0.3 is 9.80 Å². The van der Waals surface area contributed by atoms with Crippen LogP contribution in [0.5, 0.6) is 0 Å². The van der Waals surface area contributed by atoms with Gasteiger partial charge in [0.25, 0.3) is 11.5 Å². The van der Waals surface area contributed by atoms with Crippen LogP contribution in [0.25, 0.3) is 0 Å². The summed E-state index contributed by atoms with van der Waals surface area (Å²) < 4.78 is 2.53. The van der Waals surface area contributed by atoms with E-state index >= 15 is 0 Å². The molecule has 1 aliphatic rings. The monoisotopic (exact) mass is 362 g/mol. The molecule has 0 bridgehead atoms. The predicted molar refractivity (Wildman–Crippen MR) is 96.5 cm³/mol. The molecule has 0 radical (unpaired) electrons. The zero-order valence-electron chi connectivity index (χ0n) is 14.1. The van der Waals surface area contributed by atoms with Crippen LogP contribution in [0.2, 0.25) is 5.02 Å². The number of hydrogen-bond acceptors (Lipinski definition) is 4. The van der Waals surface area contributed by atoms with E-state index in [-0.39, 0.29) is 17.2 Å². The molecule has 1 aromatic carbocycles. The molecule has 7 nitrogen and oxygen atoms in total. The Bertz CT molecular complexity index is 926. The van der Waals surface area contributed by atoms with Crippen molar-refractivity contribution in [2.75, 3.05) is 31.1 Å². The summed E-state index contributed by atoms with van der Waals surface area (Å²) in [5, 5.41) is 0.527. The highest BCUT2D eigenvalue weighted by molar-refractivity contribution is 6.30. The van der Waals surface area contributed by atoms with Crippen LogP contribution in [0.15, 0.2) is 39.9 Å². The molecule has 1 fully saturated rings. The number of amides is 1. The van der Waals surface area contributed by atoms with Gasteiger partial charge in [-0.15, -0.1) is 0 Å². The highest BCUT2D eigenvalue weighted by atomic mass is 35.5. The summed E-state index contributed by atoms with van der Waals surface area (Å²) in [4.78, 5) is 40.2. The Labute approximate surface area is 149 Å². The third-order valence-electron chi connectivity index (χ3n) is 4.46. The van der Waals surface area contributed by atoms with Gasteiger partial charge in [-0.25, -0.2) is 4.79 Å². The number of aromatic nitrogens is 2. The van der Waals surface area contributed by atoms with E-state index in [4.69, 9.17) is 11.6 Å². The zero-order valence-corrected chi connectivity index (χ0v) is 14.9. The molecule has 132 valence electrons. The summed E-state index contributed by atoms with van der Waals surface area (Å²) in [6.45, 7) is 2.11. The van der Waals surface area contributed by atoms with Gasteiger partial charge in [0.05, 0.1) is 0 Å². The number of hydrogen-bond donors (Lipinski definition) is 0. The summed E-state index contributed by atoms with van der Waals surface area (Å²) >= 11 is 5.95. The van der Waals surface area contributed by atoms with Gasteiger partial charge in [0.2, 0.25) is 0 Å². The SMILES string of the molecule is Cn1c(N2CCN(C(=O)c3cccc(Cl)c3)CC2)cc(=O)n(C)c1=O. The molecule has 1 saturated heterocycles. The second kappa shape index (κ2) is 6.76. The first-order valence-electron chi connectivity index (χ1n) is 7.95. The van der Waals surface area contributed by atoms with E-state index in [1.54, 1.807) is 36.2 Å². The number of anilines is 1. The first-order valence-corrected chi connectivity index (χ1v) is 8.33. The largest absolute Gasteiger partial charge is 0.354 e. The summed E-state index contributed by atoms with van der Waals surface area (Å²) in [7, 11) is 3.09. The molecule has 3 rings (SSSR count). The summed E-state index contributed by atoms with van der Waals surface area (Å²) in [6.07, 6.45) is 0. The molecular formula is C17H19ClN4O3. The van der Waals surface area contributed by atoms with Gasteiger partial charge in [0, 0.05) is 56.9 Å². The van der Waals surface area contributed by atoms with Crippen molar-refractivity contribution in [2.24, 2.45) is 14.1 Å². The Morgan fingerprint density at radius 1 is 1.00 bits per heavy atom. The molecular weight excluding hydrogens is 344 g/mol. The second-order valence-electron chi connectivity index (χ2n) is 6.03. The molecule has 2 heterocycles. The first kappa shape index (κ1) is 17.3. The van der Waals surface area contributed by atoms with Crippen LogP contribution in [-0.4, -0.2) is 46.1 Å². The lowest BCUT2D eigenvalue weighted by molar-refractivity contribution is 0.0746. The molecule has 1 amide bonds. The maximum absolute atomic E-state index is 12.6. The van der Waals surface area contributed by atoms with Gasteiger partial charge >= 0.3 is 5.69 Å². The third kappa shape index (κ3) is 3.32. The van der Waals surface area contributed by atoms with Gasteiger partial charge in [-0.05, 0) is 18.2 Å². The van der Waals surface area contributed by atoms with Crippen molar-refractivity contribution >= 4 is 23.3 Å². The Morgan fingerprint density at radius 3 is 2.32 bits per heavy atom. The lowest BCUT2D eigenvalue weighted by Gasteiger charge is -2.36. The van der Waals surface area contributed by atoms with E-state index in [1.807, 2.05) is 4.90 Å². The maximum Gasteiger partial charge on any atom is 0.332 e. The number of carbonyl (C=O) groups excluding carboxylic acids is 1. The fraction of sp³-hybridized carbons (Fsp3) is 0.353. The minimum absolute atomic E-state index is 0.0694. The van der Waals surface area contributed by atoms with Crippen molar-refractivity contribution in [1.29, 1.82) is 0 Å². The quantitative estimate of drug-likeness (QED) is 0.788. The van der Waals surface area contributed by atoms with Crippen LogP contribution in [0.1, 0.15) is 10.4 Å². The van der Waals surface area contributed by atoms with E-state index in [9.17, 15) is 14.4 Å². The van der Waals surface area contributed by atoms with Crippen LogP contribution >= 0.6 is 11.6 Å². The van der Waals surface area contributed by atoms with E-state index in [0.29, 0.717) is 42.6 Å². The van der Waals surface area contributed by atoms with Crippen molar-refractivity contribution < 1.29 is 4.79 Å². The fourth-order valence-electron chi connectivity index (χ4n) is 2.97. The predicted octanol–water partition coefficient (Wildman–Crippen LogP) is 0.700. The standard InChI is InChI=1S/C17H19ClN4O3/c1-19-14(11-15(23)20(2)17(19)25)21-6-8-22(9-7-21)16(24)12-4-3-5-13(18)10-12/h3-5,10-11H,6-9H2,1-2H3. The second-order valence-corrected chi connectivity index (χ2v) is 6.47. The van der Waals surface area contributed by atoms with Gasteiger partial charge in [-0.1, -0.05) is 17.7 Å². The maximum atomic E-state index is 12.6. The molecule has 0 aliphatic carbocycles. The summed E-state index contributed by atoms with van der Waals surface area (Å²) in [6, 6.07) is 8.33. The topological polar surface area (TPSA) is 67.5 Å². The smallest absolute Gasteiger partial charge is 0.332 e. The Kier molecular flexibility index (Phi) is 4.67. The van der Waals surface area contributed by atoms with Crippen molar-refractivity contribution in [3.05, 3.63) is 61.8 Å². The number of rotatable bonds is 2. The fourth-order valence-corrected chi connectivity index (χ4v) is 3.16. The number of benzene rings is 1. The van der Waals surface area contributed by atoms with Crippen LogP contribution in [-0.2, 0) is 14.1 Å². The Morgan fingerprint density at radius 2 is 1.68 bits per heavy atom. The molecule has 2 aromatic rings. The van der Waals surface area contributed by atoms with E-state index in [2.05, 4.69) is 0 Å². The highest BCUT2D eigenvalue weighted by Gasteiger charge is 2.24. The lowest BCUT2D eigenvalue weighted by atomic mass is 10.2. The average Bonchev–Trinajstić information content (AvgIpc) is 2.62. The van der Waals surface area contributed by atoms with Crippen LogP contribution in [0, 0.1) is 0 Å². The Balaban J connectivity index is 1.76. The minimum Gasteiger partial charge on any atom is -0.354 e. The Hall–Kier alpha value is -2.54. The lowest BCUT2D eigenvalue weighted by Crippen LogP contribution is -2.51. The number of carbonyl (C=O) groups is 1. The molecule has 0 N–H and O–H groups in total. The van der Waals surface area contributed by atoms with Gasteiger partial charge in [-0.2, -0.15) is 0 Å². The molecule has 25 heavy (non-hydrogen) atoms. The average molecular weight is 363 g/mol.